The Morgan fingerprint density at radius 3 is 2.65 bits per heavy atom. The quantitative estimate of drug-likeness (QED) is 0.406. The van der Waals surface area contributed by atoms with E-state index in [4.69, 9.17) is 16.0 Å². The summed E-state index contributed by atoms with van der Waals surface area (Å²) in [4.78, 5) is 21.4. The number of imidazole rings is 1. The summed E-state index contributed by atoms with van der Waals surface area (Å²) in [6.07, 6.45) is 4.40. The second-order valence-corrected chi connectivity index (χ2v) is 7.99. The predicted octanol–water partition coefficient (Wildman–Crippen LogP) is 5.40. The number of H-pyrrole nitrogens is 1. The molecular formula is C25H20ClN3O2. The van der Waals surface area contributed by atoms with Crippen LogP contribution in [0.1, 0.15) is 28.3 Å². The minimum absolute atomic E-state index is 0.137. The first-order chi connectivity index (χ1) is 15.1. The highest BCUT2D eigenvalue weighted by Crippen LogP contribution is 2.26. The number of hydrogen-bond acceptors (Lipinski definition) is 3. The summed E-state index contributed by atoms with van der Waals surface area (Å²) >= 11 is 6.21. The van der Waals surface area contributed by atoms with E-state index >= 15 is 0 Å². The van der Waals surface area contributed by atoms with Gasteiger partial charge in [-0.25, -0.2) is 4.98 Å². The molecule has 2 aliphatic heterocycles. The molecule has 5 nitrogen and oxygen atoms in total. The molecule has 0 radical (unpaired) electrons. The number of halogens is 1. The molecule has 0 spiro atoms. The Morgan fingerprint density at radius 2 is 1.90 bits per heavy atom. The summed E-state index contributed by atoms with van der Waals surface area (Å²) in [6.45, 7) is 1.97. The van der Waals surface area contributed by atoms with E-state index in [1.807, 2.05) is 61.7 Å². The Morgan fingerprint density at radius 1 is 1.06 bits per heavy atom. The SMILES string of the molecule is Cc1cc(-c2cn3c(=O)c(Cc4ccco4)nc-3c(Cc3ccccc3)[nH]2)ccc1Cl. The molecule has 0 saturated carbocycles. The molecule has 0 bridgehead atoms. The first-order valence-corrected chi connectivity index (χ1v) is 10.4. The first-order valence-electron chi connectivity index (χ1n) is 10.0. The van der Waals surface area contributed by atoms with Crippen molar-refractivity contribution in [2.24, 2.45) is 0 Å². The van der Waals surface area contributed by atoms with Crippen molar-refractivity contribution >= 4 is 11.6 Å². The number of fused-ring (bicyclic) bond motifs is 1. The zero-order valence-electron chi connectivity index (χ0n) is 16.9. The van der Waals surface area contributed by atoms with Crippen LogP contribution in [0, 0.1) is 6.92 Å². The average Bonchev–Trinajstić information content (AvgIpc) is 3.40. The molecular weight excluding hydrogens is 410 g/mol. The maximum Gasteiger partial charge on any atom is 0.278 e. The third-order valence-corrected chi connectivity index (χ3v) is 5.79. The zero-order valence-corrected chi connectivity index (χ0v) is 17.7. The topological polar surface area (TPSA) is 63.8 Å². The Bertz CT molecular complexity index is 1370. The number of aromatic amines is 1. The van der Waals surface area contributed by atoms with Gasteiger partial charge in [0.1, 0.15) is 11.5 Å². The molecule has 3 aromatic rings. The number of hydrogen-bond donors (Lipinski definition) is 1. The highest BCUT2D eigenvalue weighted by Gasteiger charge is 2.21. The Kier molecular flexibility index (Phi) is 4.96. The molecule has 6 heteroatoms. The molecule has 0 unspecified atom stereocenters. The summed E-state index contributed by atoms with van der Waals surface area (Å²) in [5.41, 5.74) is 5.09. The van der Waals surface area contributed by atoms with Crippen molar-refractivity contribution in [3.05, 3.63) is 117 Å². The van der Waals surface area contributed by atoms with Gasteiger partial charge in [-0.2, -0.15) is 0 Å². The highest BCUT2D eigenvalue weighted by atomic mass is 35.5. The molecule has 0 saturated heterocycles. The van der Waals surface area contributed by atoms with Gasteiger partial charge in [0.25, 0.3) is 5.56 Å². The van der Waals surface area contributed by atoms with Gasteiger partial charge in [-0.1, -0.05) is 48.0 Å². The van der Waals surface area contributed by atoms with Gasteiger partial charge >= 0.3 is 0 Å². The van der Waals surface area contributed by atoms with Crippen molar-refractivity contribution in [3.63, 3.8) is 0 Å². The van der Waals surface area contributed by atoms with Gasteiger partial charge in [0.05, 0.1) is 24.1 Å². The molecule has 1 N–H and O–H groups in total. The smallest absolute Gasteiger partial charge is 0.278 e. The summed E-state index contributed by atoms with van der Waals surface area (Å²) in [5, 5.41) is 0.710. The minimum atomic E-state index is -0.137. The van der Waals surface area contributed by atoms with Gasteiger partial charge in [-0.3, -0.25) is 9.36 Å². The summed E-state index contributed by atoms with van der Waals surface area (Å²) < 4.78 is 7.05. The number of nitrogens with zero attached hydrogens (tertiary/aromatic N) is 2. The van der Waals surface area contributed by atoms with E-state index in [1.165, 1.54) is 0 Å². The summed E-state index contributed by atoms with van der Waals surface area (Å²) in [5.74, 6) is 1.34. The van der Waals surface area contributed by atoms with Crippen molar-refractivity contribution in [2.75, 3.05) is 0 Å². The number of aryl methyl sites for hydroxylation is 1. The standard InChI is InChI=1S/C25H20ClN3O2/c1-16-12-18(9-10-20(16)26)23-15-29-24(21(27-23)13-17-6-3-2-4-7-17)28-22(25(29)30)14-19-8-5-11-31-19/h2-12,15,27H,13-14H2,1H3. The van der Waals surface area contributed by atoms with Crippen LogP contribution >= 0.6 is 11.6 Å². The van der Waals surface area contributed by atoms with E-state index in [9.17, 15) is 4.79 Å². The van der Waals surface area contributed by atoms with Crippen molar-refractivity contribution < 1.29 is 4.42 Å². The van der Waals surface area contributed by atoms with Crippen LogP contribution < -0.4 is 5.56 Å². The largest absolute Gasteiger partial charge is 0.469 e. The lowest BCUT2D eigenvalue weighted by Crippen LogP contribution is -2.17. The van der Waals surface area contributed by atoms with Crippen LogP contribution in [-0.4, -0.2) is 14.5 Å². The number of furan rings is 1. The van der Waals surface area contributed by atoms with Crippen molar-refractivity contribution in [1.82, 2.24) is 14.5 Å². The summed E-state index contributed by atoms with van der Waals surface area (Å²) in [7, 11) is 0. The Balaban J connectivity index is 1.67. The van der Waals surface area contributed by atoms with E-state index in [1.54, 1.807) is 10.8 Å². The van der Waals surface area contributed by atoms with Crippen LogP contribution in [0.3, 0.4) is 0 Å². The molecule has 3 heterocycles. The molecule has 0 fully saturated rings. The van der Waals surface area contributed by atoms with Crippen LogP contribution in [0.2, 0.25) is 5.02 Å². The molecule has 5 rings (SSSR count). The third kappa shape index (κ3) is 3.80. The molecule has 2 aromatic carbocycles. The number of nitrogens with one attached hydrogen (secondary N) is 1. The zero-order chi connectivity index (χ0) is 21.4. The molecule has 1 aromatic heterocycles. The van der Waals surface area contributed by atoms with Gasteiger partial charge in [-0.05, 0) is 47.9 Å². The fourth-order valence-corrected chi connectivity index (χ4v) is 3.87. The first kappa shape index (κ1) is 19.4. The van der Waals surface area contributed by atoms with E-state index in [0.717, 1.165) is 28.1 Å². The van der Waals surface area contributed by atoms with E-state index in [0.29, 0.717) is 35.1 Å². The third-order valence-electron chi connectivity index (χ3n) is 5.36. The monoisotopic (exact) mass is 429 g/mol. The molecule has 0 aliphatic carbocycles. The lowest BCUT2D eigenvalue weighted by molar-refractivity contribution is 0.519. The molecule has 2 aliphatic rings. The lowest BCUT2D eigenvalue weighted by atomic mass is 10.1. The van der Waals surface area contributed by atoms with Crippen LogP contribution in [0.5, 0.6) is 0 Å². The summed E-state index contributed by atoms with van der Waals surface area (Å²) in [6, 6.07) is 19.6. The Hall–Kier alpha value is -3.57. The van der Waals surface area contributed by atoms with Crippen molar-refractivity contribution in [1.29, 1.82) is 0 Å². The van der Waals surface area contributed by atoms with Gasteiger partial charge in [0, 0.05) is 17.6 Å². The number of aromatic nitrogens is 3. The maximum absolute atomic E-state index is 13.2. The van der Waals surface area contributed by atoms with Crippen molar-refractivity contribution in [3.8, 4) is 17.1 Å². The maximum atomic E-state index is 13.2. The second-order valence-electron chi connectivity index (χ2n) is 7.59. The van der Waals surface area contributed by atoms with Crippen LogP contribution in [0.25, 0.3) is 17.1 Å². The van der Waals surface area contributed by atoms with Crippen molar-refractivity contribution in [2.45, 2.75) is 19.8 Å². The predicted molar refractivity (Wildman–Crippen MR) is 121 cm³/mol. The van der Waals surface area contributed by atoms with Gasteiger partial charge in [0.2, 0.25) is 0 Å². The number of benzene rings is 2. The van der Waals surface area contributed by atoms with Gasteiger partial charge < -0.3 is 9.40 Å². The van der Waals surface area contributed by atoms with E-state index < -0.39 is 0 Å². The van der Waals surface area contributed by atoms with E-state index in [2.05, 4.69) is 22.1 Å². The number of rotatable bonds is 5. The van der Waals surface area contributed by atoms with Crippen LogP contribution in [-0.2, 0) is 12.8 Å². The van der Waals surface area contributed by atoms with Crippen LogP contribution in [0.15, 0.2) is 82.3 Å². The van der Waals surface area contributed by atoms with Gasteiger partial charge in [0.15, 0.2) is 5.82 Å². The molecule has 0 amide bonds. The second kappa shape index (κ2) is 7.93. The fourth-order valence-electron chi connectivity index (χ4n) is 3.75. The Labute approximate surface area is 184 Å². The fraction of sp³-hybridized carbons (Fsp3) is 0.120. The molecule has 0 atom stereocenters. The van der Waals surface area contributed by atoms with E-state index in [-0.39, 0.29) is 5.56 Å². The molecule has 154 valence electrons. The minimum Gasteiger partial charge on any atom is -0.469 e. The highest BCUT2D eigenvalue weighted by molar-refractivity contribution is 6.31. The molecule has 31 heavy (non-hydrogen) atoms. The lowest BCUT2D eigenvalue weighted by Gasteiger charge is -2.14. The normalized spacial score (nSPS) is 11.3. The average molecular weight is 430 g/mol. The van der Waals surface area contributed by atoms with Gasteiger partial charge in [-0.15, -0.1) is 0 Å². The van der Waals surface area contributed by atoms with Crippen LogP contribution in [0.4, 0.5) is 0 Å².